The molecule has 5 nitrogen and oxygen atoms in total. The lowest BCUT2D eigenvalue weighted by atomic mass is 10.2. The molecule has 0 spiro atoms. The summed E-state index contributed by atoms with van der Waals surface area (Å²) in [6.45, 7) is 5.80. The van der Waals surface area contributed by atoms with Gasteiger partial charge >= 0.3 is 0 Å². The van der Waals surface area contributed by atoms with Crippen molar-refractivity contribution in [1.29, 1.82) is 0 Å². The number of ether oxygens (including phenoxy) is 3. The molecule has 0 radical (unpaired) electrons. The summed E-state index contributed by atoms with van der Waals surface area (Å²) in [5.74, 6) is 0.890. The van der Waals surface area contributed by atoms with E-state index in [1.807, 2.05) is 26.1 Å². The van der Waals surface area contributed by atoms with Crippen molar-refractivity contribution in [3.05, 3.63) is 29.8 Å². The van der Waals surface area contributed by atoms with Crippen molar-refractivity contribution in [2.24, 2.45) is 0 Å². The van der Waals surface area contributed by atoms with Gasteiger partial charge in [-0.1, -0.05) is 12.1 Å². The first-order valence-electron chi connectivity index (χ1n) is 8.45. The predicted octanol–water partition coefficient (Wildman–Crippen LogP) is 2.07. The van der Waals surface area contributed by atoms with Crippen molar-refractivity contribution in [3.63, 3.8) is 0 Å². The lowest BCUT2D eigenvalue weighted by Crippen LogP contribution is -2.32. The fourth-order valence-electron chi connectivity index (χ4n) is 2.76. The van der Waals surface area contributed by atoms with E-state index in [0.29, 0.717) is 26.4 Å². The number of rotatable bonds is 10. The van der Waals surface area contributed by atoms with Crippen LogP contribution >= 0.6 is 0 Å². The van der Waals surface area contributed by atoms with Crippen LogP contribution in [0.25, 0.3) is 0 Å². The van der Waals surface area contributed by atoms with Crippen LogP contribution in [0.2, 0.25) is 0 Å². The molecule has 0 saturated carbocycles. The molecular formula is C18H29NO4. The molecule has 23 heavy (non-hydrogen) atoms. The third-order valence-electron chi connectivity index (χ3n) is 3.85. The Morgan fingerprint density at radius 2 is 2.13 bits per heavy atom. The van der Waals surface area contributed by atoms with Crippen molar-refractivity contribution >= 4 is 0 Å². The molecule has 130 valence electrons. The molecule has 2 rings (SSSR count). The van der Waals surface area contributed by atoms with Crippen molar-refractivity contribution in [2.75, 3.05) is 40.0 Å². The van der Waals surface area contributed by atoms with Crippen LogP contribution < -0.4 is 4.74 Å². The van der Waals surface area contributed by atoms with Crippen molar-refractivity contribution < 1.29 is 19.3 Å². The topological polar surface area (TPSA) is 51.2 Å². The van der Waals surface area contributed by atoms with Gasteiger partial charge in [0.15, 0.2) is 0 Å². The molecule has 1 fully saturated rings. The second-order valence-electron chi connectivity index (χ2n) is 6.10. The third kappa shape index (κ3) is 6.87. The standard InChI is InChI=1S/C18H29NO4/c1-3-22-17-8-6-15(7-9-17)11-19(2)12-16(20)13-21-14-18-5-4-10-23-18/h6-9,16,18,20H,3-5,10-14H2,1-2H3/t16-,18-/m1/s1. The van der Waals surface area contributed by atoms with Gasteiger partial charge in [0.1, 0.15) is 5.75 Å². The minimum absolute atomic E-state index is 0.212. The Morgan fingerprint density at radius 1 is 1.35 bits per heavy atom. The molecule has 1 heterocycles. The molecule has 1 N–H and O–H groups in total. The maximum absolute atomic E-state index is 10.1. The van der Waals surface area contributed by atoms with Crippen LogP contribution in [0.3, 0.4) is 0 Å². The van der Waals surface area contributed by atoms with E-state index in [1.165, 1.54) is 5.56 Å². The predicted molar refractivity (Wildman–Crippen MR) is 89.7 cm³/mol. The van der Waals surface area contributed by atoms with E-state index in [2.05, 4.69) is 17.0 Å². The summed E-state index contributed by atoms with van der Waals surface area (Å²) in [7, 11) is 2.00. The fraction of sp³-hybridized carbons (Fsp3) is 0.667. The summed E-state index contributed by atoms with van der Waals surface area (Å²) in [6.07, 6.45) is 1.91. The van der Waals surface area contributed by atoms with Crippen molar-refractivity contribution in [2.45, 2.75) is 38.5 Å². The van der Waals surface area contributed by atoms with Gasteiger partial charge in [-0.3, -0.25) is 4.90 Å². The first kappa shape index (κ1) is 18.2. The van der Waals surface area contributed by atoms with Gasteiger partial charge in [-0.25, -0.2) is 0 Å². The van der Waals surface area contributed by atoms with E-state index in [9.17, 15) is 5.11 Å². The maximum atomic E-state index is 10.1. The van der Waals surface area contributed by atoms with Crippen LogP contribution in [0.15, 0.2) is 24.3 Å². The highest BCUT2D eigenvalue weighted by atomic mass is 16.5. The molecule has 1 saturated heterocycles. The van der Waals surface area contributed by atoms with Crippen LogP contribution in [0, 0.1) is 0 Å². The molecule has 5 heteroatoms. The molecule has 2 atom stereocenters. The van der Waals surface area contributed by atoms with Gasteiger partial charge < -0.3 is 19.3 Å². The summed E-state index contributed by atoms with van der Waals surface area (Å²) >= 11 is 0. The summed E-state index contributed by atoms with van der Waals surface area (Å²) in [4.78, 5) is 2.09. The minimum atomic E-state index is -0.482. The SMILES string of the molecule is CCOc1ccc(CN(C)C[C@@H](O)COC[C@H]2CCCO2)cc1. The van der Waals surface area contributed by atoms with Gasteiger partial charge in [-0.05, 0) is 44.5 Å². The summed E-state index contributed by atoms with van der Waals surface area (Å²) in [6, 6.07) is 8.07. The molecule has 1 aromatic rings. The highest BCUT2D eigenvalue weighted by Crippen LogP contribution is 2.14. The first-order chi connectivity index (χ1) is 11.2. The Morgan fingerprint density at radius 3 is 2.78 bits per heavy atom. The summed E-state index contributed by atoms with van der Waals surface area (Å²) < 4.78 is 16.5. The third-order valence-corrected chi connectivity index (χ3v) is 3.85. The maximum Gasteiger partial charge on any atom is 0.119 e. The zero-order valence-corrected chi connectivity index (χ0v) is 14.2. The van der Waals surface area contributed by atoms with Gasteiger partial charge in [0.05, 0.1) is 32.0 Å². The Kier molecular flexibility index (Phi) is 7.82. The molecule has 0 aromatic heterocycles. The van der Waals surface area contributed by atoms with Crippen LogP contribution in [0.1, 0.15) is 25.3 Å². The van der Waals surface area contributed by atoms with E-state index in [4.69, 9.17) is 14.2 Å². The quantitative estimate of drug-likeness (QED) is 0.714. The first-order valence-corrected chi connectivity index (χ1v) is 8.45. The van der Waals surface area contributed by atoms with Crippen LogP contribution in [0.5, 0.6) is 5.75 Å². The fourth-order valence-corrected chi connectivity index (χ4v) is 2.76. The average molecular weight is 323 g/mol. The zero-order valence-electron chi connectivity index (χ0n) is 14.2. The average Bonchev–Trinajstić information content (AvgIpc) is 3.03. The molecule has 0 unspecified atom stereocenters. The molecule has 0 bridgehead atoms. The molecule has 0 amide bonds. The van der Waals surface area contributed by atoms with Gasteiger partial charge in [-0.15, -0.1) is 0 Å². The highest BCUT2D eigenvalue weighted by molar-refractivity contribution is 5.27. The van der Waals surface area contributed by atoms with Crippen LogP contribution in [-0.2, 0) is 16.0 Å². The molecular weight excluding hydrogens is 294 g/mol. The Bertz CT molecular complexity index is 431. The smallest absolute Gasteiger partial charge is 0.119 e. The number of likely N-dealkylation sites (N-methyl/N-ethyl adjacent to an activating group) is 1. The minimum Gasteiger partial charge on any atom is -0.494 e. The van der Waals surface area contributed by atoms with Crippen LogP contribution in [-0.4, -0.2) is 62.2 Å². The molecule has 1 aliphatic rings. The molecule has 1 aliphatic heterocycles. The summed E-state index contributed by atoms with van der Waals surface area (Å²) in [5, 5.41) is 10.1. The molecule has 1 aromatic carbocycles. The number of aliphatic hydroxyl groups excluding tert-OH is 1. The molecule has 0 aliphatic carbocycles. The summed E-state index contributed by atoms with van der Waals surface area (Å²) in [5.41, 5.74) is 1.20. The number of nitrogens with zero attached hydrogens (tertiary/aromatic N) is 1. The lowest BCUT2D eigenvalue weighted by Gasteiger charge is -2.21. The van der Waals surface area contributed by atoms with E-state index < -0.39 is 6.10 Å². The monoisotopic (exact) mass is 323 g/mol. The second-order valence-corrected chi connectivity index (χ2v) is 6.10. The second kappa shape index (κ2) is 9.88. The van der Waals surface area contributed by atoms with Gasteiger partial charge in [0.2, 0.25) is 0 Å². The van der Waals surface area contributed by atoms with E-state index in [0.717, 1.165) is 31.7 Å². The van der Waals surface area contributed by atoms with E-state index >= 15 is 0 Å². The number of benzene rings is 1. The Balaban J connectivity index is 1.63. The van der Waals surface area contributed by atoms with Gasteiger partial charge in [-0.2, -0.15) is 0 Å². The Labute approximate surface area is 139 Å². The van der Waals surface area contributed by atoms with Crippen molar-refractivity contribution in [1.82, 2.24) is 4.90 Å². The normalized spacial score (nSPS) is 19.2. The van der Waals surface area contributed by atoms with Gasteiger partial charge in [0.25, 0.3) is 0 Å². The Hall–Kier alpha value is -1.14. The lowest BCUT2D eigenvalue weighted by molar-refractivity contribution is -0.0238. The van der Waals surface area contributed by atoms with E-state index in [-0.39, 0.29) is 6.10 Å². The number of aliphatic hydroxyl groups is 1. The number of hydrogen-bond acceptors (Lipinski definition) is 5. The van der Waals surface area contributed by atoms with Gasteiger partial charge in [0, 0.05) is 19.7 Å². The zero-order chi connectivity index (χ0) is 16.5. The highest BCUT2D eigenvalue weighted by Gasteiger charge is 2.16. The van der Waals surface area contributed by atoms with Crippen LogP contribution in [0.4, 0.5) is 0 Å². The number of hydrogen-bond donors (Lipinski definition) is 1. The van der Waals surface area contributed by atoms with Crippen molar-refractivity contribution in [3.8, 4) is 5.75 Å². The largest absolute Gasteiger partial charge is 0.494 e. The van der Waals surface area contributed by atoms with E-state index in [1.54, 1.807) is 0 Å².